The third-order valence-corrected chi connectivity index (χ3v) is 3.18. The lowest BCUT2D eigenvalue weighted by atomic mass is 10.0. The molecule has 2 rings (SSSR count). The van der Waals surface area contributed by atoms with Crippen molar-refractivity contribution < 1.29 is 9.84 Å². The zero-order valence-corrected chi connectivity index (χ0v) is 11.5. The van der Waals surface area contributed by atoms with Gasteiger partial charge in [-0.25, -0.2) is 0 Å². The smallest absolute Gasteiger partial charge is 0.119 e. The minimum atomic E-state index is -0.426. The van der Waals surface area contributed by atoms with Crippen LogP contribution in [0.2, 0.25) is 0 Å². The second-order valence-electron chi connectivity index (χ2n) is 4.75. The van der Waals surface area contributed by atoms with Gasteiger partial charge in [-0.2, -0.15) is 0 Å². The summed E-state index contributed by atoms with van der Waals surface area (Å²) in [6, 6.07) is 17.7. The Morgan fingerprint density at radius 1 is 1.05 bits per heavy atom. The molecule has 3 heteroatoms. The molecule has 106 valence electrons. The quantitative estimate of drug-likeness (QED) is 0.814. The molecule has 2 aromatic rings. The molecule has 0 fully saturated rings. The number of aliphatic hydroxyl groups excluding tert-OH is 1. The molecule has 0 spiro atoms. The van der Waals surface area contributed by atoms with E-state index in [2.05, 4.69) is 0 Å². The predicted octanol–water partition coefficient (Wildman–Crippen LogP) is 2.69. The van der Waals surface area contributed by atoms with Gasteiger partial charge in [0.2, 0.25) is 0 Å². The average Bonchev–Trinajstić information content (AvgIpc) is 2.52. The topological polar surface area (TPSA) is 55.5 Å². The van der Waals surface area contributed by atoms with Crippen LogP contribution in [0.25, 0.3) is 0 Å². The highest BCUT2D eigenvalue weighted by Gasteiger charge is 2.07. The Morgan fingerprint density at radius 3 is 2.60 bits per heavy atom. The van der Waals surface area contributed by atoms with Gasteiger partial charge in [-0.05, 0) is 36.1 Å². The lowest BCUT2D eigenvalue weighted by molar-refractivity contribution is 0.168. The fourth-order valence-corrected chi connectivity index (χ4v) is 2.11. The van der Waals surface area contributed by atoms with Gasteiger partial charge in [0.05, 0.1) is 6.10 Å². The number of aryl methyl sites for hydroxylation is 1. The zero-order valence-electron chi connectivity index (χ0n) is 11.5. The summed E-state index contributed by atoms with van der Waals surface area (Å²) in [5.41, 5.74) is 7.54. The minimum absolute atomic E-state index is 0.426. The summed E-state index contributed by atoms with van der Waals surface area (Å²) in [4.78, 5) is 0. The third kappa shape index (κ3) is 4.37. The summed E-state index contributed by atoms with van der Waals surface area (Å²) in [6.45, 7) is 1.03. The molecule has 0 aliphatic carbocycles. The Labute approximate surface area is 120 Å². The number of rotatable bonds is 7. The highest BCUT2D eigenvalue weighted by Crippen LogP contribution is 2.20. The Bertz CT molecular complexity index is 513. The van der Waals surface area contributed by atoms with E-state index >= 15 is 0 Å². The number of benzene rings is 2. The van der Waals surface area contributed by atoms with E-state index in [1.54, 1.807) is 0 Å². The fourth-order valence-electron chi connectivity index (χ4n) is 2.11. The molecule has 0 aliphatic rings. The van der Waals surface area contributed by atoms with Crippen molar-refractivity contribution in [1.29, 1.82) is 0 Å². The van der Waals surface area contributed by atoms with Crippen molar-refractivity contribution in [3.05, 3.63) is 65.7 Å². The molecule has 0 radical (unpaired) electrons. The molecule has 0 saturated heterocycles. The van der Waals surface area contributed by atoms with Crippen LogP contribution in [-0.4, -0.2) is 18.3 Å². The summed E-state index contributed by atoms with van der Waals surface area (Å²) in [5, 5.41) is 10.1. The third-order valence-electron chi connectivity index (χ3n) is 3.18. The van der Waals surface area contributed by atoms with Crippen LogP contribution in [-0.2, 0) is 6.42 Å². The van der Waals surface area contributed by atoms with Crippen LogP contribution in [0, 0.1) is 0 Å². The Kier molecular flexibility index (Phi) is 5.59. The summed E-state index contributed by atoms with van der Waals surface area (Å²) in [5.74, 6) is 0.835. The summed E-state index contributed by atoms with van der Waals surface area (Å²) >= 11 is 0. The maximum Gasteiger partial charge on any atom is 0.119 e. The highest BCUT2D eigenvalue weighted by molar-refractivity contribution is 5.29. The minimum Gasteiger partial charge on any atom is -0.492 e. The van der Waals surface area contributed by atoms with E-state index in [9.17, 15) is 5.11 Å². The Hall–Kier alpha value is -1.84. The van der Waals surface area contributed by atoms with E-state index in [4.69, 9.17) is 10.5 Å². The molecular formula is C17H21NO2. The molecule has 3 N–H and O–H groups in total. The largest absolute Gasteiger partial charge is 0.492 e. The van der Waals surface area contributed by atoms with Gasteiger partial charge in [0.1, 0.15) is 12.4 Å². The van der Waals surface area contributed by atoms with Gasteiger partial charge in [0.25, 0.3) is 0 Å². The van der Waals surface area contributed by atoms with Gasteiger partial charge in [0.15, 0.2) is 0 Å². The Morgan fingerprint density at radius 2 is 1.85 bits per heavy atom. The van der Waals surface area contributed by atoms with Crippen molar-refractivity contribution in [3.8, 4) is 5.75 Å². The van der Waals surface area contributed by atoms with Gasteiger partial charge in [-0.1, -0.05) is 42.5 Å². The van der Waals surface area contributed by atoms with Crippen molar-refractivity contribution in [2.75, 3.05) is 13.2 Å². The highest BCUT2D eigenvalue weighted by atomic mass is 16.5. The first kappa shape index (κ1) is 14.6. The van der Waals surface area contributed by atoms with Gasteiger partial charge in [-0.15, -0.1) is 0 Å². The van der Waals surface area contributed by atoms with Crippen LogP contribution in [0.15, 0.2) is 54.6 Å². The predicted molar refractivity (Wildman–Crippen MR) is 80.7 cm³/mol. The monoisotopic (exact) mass is 271 g/mol. The zero-order chi connectivity index (χ0) is 14.2. The molecule has 0 aromatic heterocycles. The van der Waals surface area contributed by atoms with Gasteiger partial charge in [-0.3, -0.25) is 0 Å². The molecule has 1 atom stereocenters. The molecule has 3 nitrogen and oxygen atoms in total. The lowest BCUT2D eigenvalue weighted by Crippen LogP contribution is -2.10. The van der Waals surface area contributed by atoms with Gasteiger partial charge in [0, 0.05) is 6.54 Å². The van der Waals surface area contributed by atoms with Crippen molar-refractivity contribution >= 4 is 0 Å². The molecule has 0 amide bonds. The van der Waals surface area contributed by atoms with Crippen molar-refractivity contribution in [1.82, 2.24) is 0 Å². The molecular weight excluding hydrogens is 250 g/mol. The van der Waals surface area contributed by atoms with E-state index < -0.39 is 6.10 Å². The maximum absolute atomic E-state index is 10.1. The van der Waals surface area contributed by atoms with Crippen molar-refractivity contribution in [3.63, 3.8) is 0 Å². The average molecular weight is 271 g/mol. The molecule has 1 unspecified atom stereocenters. The molecule has 0 saturated carbocycles. The van der Waals surface area contributed by atoms with Gasteiger partial charge < -0.3 is 15.6 Å². The SMILES string of the molecule is NCCOc1cccc(CCC(O)c2ccccc2)c1. The first-order valence-corrected chi connectivity index (χ1v) is 6.94. The van der Waals surface area contributed by atoms with Crippen LogP contribution in [0.3, 0.4) is 0 Å². The first-order valence-electron chi connectivity index (χ1n) is 6.94. The summed E-state index contributed by atoms with van der Waals surface area (Å²) in [7, 11) is 0. The normalized spacial score (nSPS) is 12.1. The molecule has 0 bridgehead atoms. The number of hydrogen-bond donors (Lipinski definition) is 2. The summed E-state index contributed by atoms with van der Waals surface area (Å²) < 4.78 is 5.50. The maximum atomic E-state index is 10.1. The lowest BCUT2D eigenvalue weighted by Gasteiger charge is -2.11. The van der Waals surface area contributed by atoms with Gasteiger partial charge >= 0.3 is 0 Å². The van der Waals surface area contributed by atoms with Crippen LogP contribution < -0.4 is 10.5 Å². The molecule has 0 heterocycles. The van der Waals surface area contributed by atoms with E-state index in [0.717, 1.165) is 23.3 Å². The number of nitrogens with two attached hydrogens (primary N) is 1. The van der Waals surface area contributed by atoms with Crippen LogP contribution in [0.1, 0.15) is 23.7 Å². The van der Waals surface area contributed by atoms with Crippen LogP contribution in [0.5, 0.6) is 5.75 Å². The molecule has 0 aliphatic heterocycles. The number of aliphatic hydroxyl groups is 1. The first-order chi connectivity index (χ1) is 9.79. The molecule has 20 heavy (non-hydrogen) atoms. The molecule has 2 aromatic carbocycles. The Balaban J connectivity index is 1.90. The van der Waals surface area contributed by atoms with E-state index in [-0.39, 0.29) is 0 Å². The van der Waals surface area contributed by atoms with Crippen LogP contribution in [0.4, 0.5) is 0 Å². The number of hydrogen-bond acceptors (Lipinski definition) is 3. The van der Waals surface area contributed by atoms with E-state index in [1.165, 1.54) is 0 Å². The van der Waals surface area contributed by atoms with E-state index in [0.29, 0.717) is 19.6 Å². The second kappa shape index (κ2) is 7.68. The van der Waals surface area contributed by atoms with Crippen LogP contribution >= 0.6 is 0 Å². The standard InChI is InChI=1S/C17H21NO2/c18-11-12-20-16-8-4-5-14(13-16)9-10-17(19)15-6-2-1-3-7-15/h1-8,13,17,19H,9-12,18H2. The number of ether oxygens (including phenoxy) is 1. The van der Waals surface area contributed by atoms with E-state index in [1.807, 2.05) is 54.6 Å². The fraction of sp³-hybridized carbons (Fsp3) is 0.294. The second-order valence-corrected chi connectivity index (χ2v) is 4.75. The van der Waals surface area contributed by atoms with Crippen molar-refractivity contribution in [2.45, 2.75) is 18.9 Å². The van der Waals surface area contributed by atoms with Crippen molar-refractivity contribution in [2.24, 2.45) is 5.73 Å². The summed E-state index contributed by atoms with van der Waals surface area (Å²) in [6.07, 6.45) is 1.09.